The van der Waals surface area contributed by atoms with Crippen molar-refractivity contribution >= 4 is 17.3 Å². The number of aryl methyl sites for hydroxylation is 1. The Bertz CT molecular complexity index is 404. The SMILES string of the molecule is Cc1c(CCC(Cl)C(C)C)cccc1[N+](=O)[O-]. The van der Waals surface area contributed by atoms with Gasteiger partial charge in [0.25, 0.3) is 5.69 Å². The van der Waals surface area contributed by atoms with Crippen molar-refractivity contribution in [3.05, 3.63) is 39.4 Å². The van der Waals surface area contributed by atoms with Gasteiger partial charge < -0.3 is 0 Å². The topological polar surface area (TPSA) is 43.1 Å². The largest absolute Gasteiger partial charge is 0.272 e. The van der Waals surface area contributed by atoms with Gasteiger partial charge in [0.05, 0.1) is 4.92 Å². The highest BCUT2D eigenvalue weighted by atomic mass is 35.5. The molecule has 0 saturated heterocycles. The molecular formula is C13H18ClNO2. The van der Waals surface area contributed by atoms with Crippen LogP contribution in [0.4, 0.5) is 5.69 Å². The number of alkyl halides is 1. The van der Waals surface area contributed by atoms with Gasteiger partial charge in [0.2, 0.25) is 0 Å². The van der Waals surface area contributed by atoms with E-state index in [0.29, 0.717) is 5.92 Å². The van der Waals surface area contributed by atoms with Crippen LogP contribution >= 0.6 is 11.6 Å². The van der Waals surface area contributed by atoms with E-state index in [4.69, 9.17) is 11.6 Å². The smallest absolute Gasteiger partial charge is 0.258 e. The molecule has 0 N–H and O–H groups in total. The quantitative estimate of drug-likeness (QED) is 0.452. The molecule has 0 amide bonds. The molecule has 1 aromatic rings. The van der Waals surface area contributed by atoms with Crippen molar-refractivity contribution in [2.45, 2.75) is 39.0 Å². The summed E-state index contributed by atoms with van der Waals surface area (Å²) in [6, 6.07) is 5.21. The molecule has 0 aliphatic heterocycles. The Morgan fingerprint density at radius 3 is 2.59 bits per heavy atom. The maximum atomic E-state index is 10.8. The second-order valence-electron chi connectivity index (χ2n) is 4.62. The maximum Gasteiger partial charge on any atom is 0.272 e. The van der Waals surface area contributed by atoms with Gasteiger partial charge in [-0.15, -0.1) is 11.6 Å². The van der Waals surface area contributed by atoms with Crippen LogP contribution in [0, 0.1) is 23.0 Å². The first-order valence-corrected chi connectivity index (χ1v) is 6.24. The summed E-state index contributed by atoms with van der Waals surface area (Å²) >= 11 is 6.19. The summed E-state index contributed by atoms with van der Waals surface area (Å²) in [7, 11) is 0. The van der Waals surface area contributed by atoms with Crippen LogP contribution in [0.3, 0.4) is 0 Å². The molecule has 0 spiro atoms. The van der Waals surface area contributed by atoms with Crippen LogP contribution in [0.1, 0.15) is 31.4 Å². The Labute approximate surface area is 107 Å². The van der Waals surface area contributed by atoms with Crippen molar-refractivity contribution < 1.29 is 4.92 Å². The number of nitro benzene ring substituents is 1. The molecule has 1 atom stereocenters. The standard InChI is InChI=1S/C13H18ClNO2/c1-9(2)12(14)8-7-11-5-4-6-13(10(11)3)15(16)17/h4-6,9,12H,7-8H2,1-3H3. The first kappa shape index (κ1) is 14.0. The Hall–Kier alpha value is -1.09. The average Bonchev–Trinajstić information content (AvgIpc) is 2.26. The zero-order valence-electron chi connectivity index (χ0n) is 10.4. The third-order valence-electron chi connectivity index (χ3n) is 3.03. The highest BCUT2D eigenvalue weighted by Crippen LogP contribution is 2.24. The summed E-state index contributed by atoms with van der Waals surface area (Å²) < 4.78 is 0. The summed E-state index contributed by atoms with van der Waals surface area (Å²) in [6.45, 7) is 5.96. The lowest BCUT2D eigenvalue weighted by Gasteiger charge is -2.13. The lowest BCUT2D eigenvalue weighted by atomic mass is 9.98. The molecule has 0 aliphatic carbocycles. The molecule has 4 heteroatoms. The van der Waals surface area contributed by atoms with E-state index in [-0.39, 0.29) is 16.0 Å². The van der Waals surface area contributed by atoms with Crippen molar-refractivity contribution in [1.82, 2.24) is 0 Å². The lowest BCUT2D eigenvalue weighted by molar-refractivity contribution is -0.385. The maximum absolute atomic E-state index is 10.8. The molecule has 0 radical (unpaired) electrons. The number of nitrogens with zero attached hydrogens (tertiary/aromatic N) is 1. The van der Waals surface area contributed by atoms with E-state index in [1.807, 2.05) is 6.07 Å². The van der Waals surface area contributed by atoms with Crippen molar-refractivity contribution in [2.75, 3.05) is 0 Å². The molecule has 0 aliphatic rings. The van der Waals surface area contributed by atoms with E-state index in [1.165, 1.54) is 0 Å². The first-order valence-electron chi connectivity index (χ1n) is 5.80. The van der Waals surface area contributed by atoms with Gasteiger partial charge in [-0.1, -0.05) is 26.0 Å². The van der Waals surface area contributed by atoms with E-state index < -0.39 is 0 Å². The number of hydrogen-bond donors (Lipinski definition) is 0. The van der Waals surface area contributed by atoms with E-state index in [1.54, 1.807) is 19.1 Å². The minimum atomic E-state index is -0.334. The number of halogens is 1. The van der Waals surface area contributed by atoms with Crippen LogP contribution in [0.15, 0.2) is 18.2 Å². The van der Waals surface area contributed by atoms with Gasteiger partial charge >= 0.3 is 0 Å². The van der Waals surface area contributed by atoms with Gasteiger partial charge in [-0.3, -0.25) is 10.1 Å². The van der Waals surface area contributed by atoms with Gasteiger partial charge in [-0.05, 0) is 31.2 Å². The minimum absolute atomic E-state index is 0.119. The lowest BCUT2D eigenvalue weighted by Crippen LogP contribution is -2.09. The van der Waals surface area contributed by atoms with Crippen LogP contribution in [-0.2, 0) is 6.42 Å². The Morgan fingerprint density at radius 1 is 1.41 bits per heavy atom. The number of hydrogen-bond acceptors (Lipinski definition) is 2. The third-order valence-corrected chi connectivity index (χ3v) is 3.75. The van der Waals surface area contributed by atoms with Crippen LogP contribution in [0.25, 0.3) is 0 Å². The fourth-order valence-corrected chi connectivity index (χ4v) is 1.87. The predicted molar refractivity (Wildman–Crippen MR) is 70.6 cm³/mol. The molecule has 0 bridgehead atoms. The molecule has 1 aromatic carbocycles. The zero-order valence-corrected chi connectivity index (χ0v) is 11.2. The molecule has 17 heavy (non-hydrogen) atoms. The van der Waals surface area contributed by atoms with E-state index in [0.717, 1.165) is 24.0 Å². The number of benzene rings is 1. The fraction of sp³-hybridized carbons (Fsp3) is 0.538. The van der Waals surface area contributed by atoms with Gasteiger partial charge in [0.1, 0.15) is 0 Å². The summed E-state index contributed by atoms with van der Waals surface area (Å²) in [5.41, 5.74) is 1.97. The monoisotopic (exact) mass is 255 g/mol. The van der Waals surface area contributed by atoms with Gasteiger partial charge in [-0.25, -0.2) is 0 Å². The molecule has 94 valence electrons. The second kappa shape index (κ2) is 6.01. The molecule has 3 nitrogen and oxygen atoms in total. The molecular weight excluding hydrogens is 238 g/mol. The van der Waals surface area contributed by atoms with Gasteiger partial charge in [0, 0.05) is 17.0 Å². The fourth-order valence-electron chi connectivity index (χ4n) is 1.77. The summed E-state index contributed by atoms with van der Waals surface area (Å²) in [6.07, 6.45) is 1.64. The Kier molecular flexibility index (Phi) is 4.94. The van der Waals surface area contributed by atoms with Crippen LogP contribution in [0.5, 0.6) is 0 Å². The molecule has 0 fully saturated rings. The van der Waals surface area contributed by atoms with Crippen LogP contribution < -0.4 is 0 Å². The van der Waals surface area contributed by atoms with Crippen molar-refractivity contribution in [3.8, 4) is 0 Å². The molecule has 1 rings (SSSR count). The molecule has 1 unspecified atom stereocenters. The van der Waals surface area contributed by atoms with E-state index in [9.17, 15) is 10.1 Å². The van der Waals surface area contributed by atoms with Crippen LogP contribution in [0.2, 0.25) is 0 Å². The third kappa shape index (κ3) is 3.70. The highest BCUT2D eigenvalue weighted by Gasteiger charge is 2.15. The Morgan fingerprint density at radius 2 is 2.06 bits per heavy atom. The predicted octanol–water partition coefficient (Wildman–Crippen LogP) is 4.10. The van der Waals surface area contributed by atoms with Crippen molar-refractivity contribution in [2.24, 2.45) is 5.92 Å². The average molecular weight is 256 g/mol. The van der Waals surface area contributed by atoms with Crippen molar-refractivity contribution in [1.29, 1.82) is 0 Å². The first-order chi connectivity index (χ1) is 7.93. The molecule has 0 heterocycles. The number of nitro groups is 1. The number of rotatable bonds is 5. The zero-order chi connectivity index (χ0) is 13.0. The van der Waals surface area contributed by atoms with Crippen LogP contribution in [-0.4, -0.2) is 10.3 Å². The summed E-state index contributed by atoms with van der Waals surface area (Å²) in [5.74, 6) is 0.427. The van der Waals surface area contributed by atoms with E-state index in [2.05, 4.69) is 13.8 Å². The van der Waals surface area contributed by atoms with Gasteiger partial charge in [-0.2, -0.15) is 0 Å². The normalized spacial score (nSPS) is 12.8. The second-order valence-corrected chi connectivity index (χ2v) is 5.18. The van der Waals surface area contributed by atoms with E-state index >= 15 is 0 Å². The van der Waals surface area contributed by atoms with Crippen molar-refractivity contribution in [3.63, 3.8) is 0 Å². The summed E-state index contributed by atoms with van der Waals surface area (Å²) in [5, 5.41) is 10.9. The molecule has 0 aromatic heterocycles. The minimum Gasteiger partial charge on any atom is -0.258 e. The summed E-state index contributed by atoms with van der Waals surface area (Å²) in [4.78, 5) is 10.5. The van der Waals surface area contributed by atoms with Gasteiger partial charge in [0.15, 0.2) is 0 Å². The molecule has 0 saturated carbocycles. The Balaban J connectivity index is 2.79. The highest BCUT2D eigenvalue weighted by molar-refractivity contribution is 6.20.